The van der Waals surface area contributed by atoms with E-state index in [1.807, 2.05) is 37.3 Å². The molecule has 1 N–H and O–H groups in total. The first-order valence-electron chi connectivity index (χ1n) is 6.63. The lowest BCUT2D eigenvalue weighted by molar-refractivity contribution is -0.121. The minimum atomic E-state index is -0.328. The Morgan fingerprint density at radius 3 is 2.95 bits per heavy atom. The summed E-state index contributed by atoms with van der Waals surface area (Å²) < 4.78 is 0. The smallest absolute Gasteiger partial charge is 0.265 e. The summed E-state index contributed by atoms with van der Waals surface area (Å²) >= 11 is 6.07. The number of aryl methyl sites for hydroxylation is 1. The summed E-state index contributed by atoms with van der Waals surface area (Å²) in [6.45, 7) is 1.73. The number of nitrogens with zero attached hydrogens (tertiary/aromatic N) is 3. The fourth-order valence-electron chi connectivity index (χ4n) is 1.97. The molecule has 1 amide bonds. The second kappa shape index (κ2) is 6.03. The van der Waals surface area contributed by atoms with Gasteiger partial charge in [-0.2, -0.15) is 0 Å². The maximum atomic E-state index is 11.9. The van der Waals surface area contributed by atoms with Gasteiger partial charge < -0.3 is 10.2 Å². The summed E-state index contributed by atoms with van der Waals surface area (Å²) in [4.78, 5) is 18.5. The molecule has 22 heavy (non-hydrogen) atoms. The van der Waals surface area contributed by atoms with Gasteiger partial charge in [0.1, 0.15) is 11.0 Å². The SMILES string of the molecule is Cc1ccc(NC(=O)COn2nnc3ccccc32)c(Cl)c1. The number of hydrogen-bond donors (Lipinski definition) is 1. The van der Waals surface area contributed by atoms with Crippen molar-refractivity contribution in [3.8, 4) is 0 Å². The van der Waals surface area contributed by atoms with Crippen molar-refractivity contribution in [2.75, 3.05) is 11.9 Å². The molecule has 0 fully saturated rings. The largest absolute Gasteiger partial charge is 0.385 e. The molecule has 0 radical (unpaired) electrons. The molecule has 112 valence electrons. The van der Waals surface area contributed by atoms with Gasteiger partial charge in [0, 0.05) is 0 Å². The third kappa shape index (κ3) is 3.01. The molecule has 0 aliphatic heterocycles. The zero-order chi connectivity index (χ0) is 15.5. The Balaban J connectivity index is 1.65. The first kappa shape index (κ1) is 14.3. The number of halogens is 1. The Morgan fingerprint density at radius 1 is 1.32 bits per heavy atom. The van der Waals surface area contributed by atoms with Gasteiger partial charge in [-0.1, -0.05) is 34.6 Å². The maximum Gasteiger partial charge on any atom is 0.265 e. The van der Waals surface area contributed by atoms with E-state index in [1.165, 1.54) is 4.85 Å². The Hall–Kier alpha value is -2.60. The number of anilines is 1. The van der Waals surface area contributed by atoms with Crippen molar-refractivity contribution in [1.29, 1.82) is 0 Å². The number of fused-ring (bicyclic) bond motifs is 1. The second-order valence-corrected chi connectivity index (χ2v) is 5.16. The minimum absolute atomic E-state index is 0.197. The van der Waals surface area contributed by atoms with Crippen LogP contribution in [0.2, 0.25) is 5.02 Å². The quantitative estimate of drug-likeness (QED) is 0.802. The molecule has 6 nitrogen and oxygen atoms in total. The Kier molecular flexibility index (Phi) is 3.93. The normalized spacial score (nSPS) is 10.6. The number of rotatable bonds is 4. The summed E-state index contributed by atoms with van der Waals surface area (Å²) in [6.07, 6.45) is 0. The van der Waals surface area contributed by atoms with Gasteiger partial charge in [0.05, 0.1) is 10.7 Å². The van der Waals surface area contributed by atoms with Gasteiger partial charge in [0.2, 0.25) is 0 Å². The lowest BCUT2D eigenvalue weighted by atomic mass is 10.2. The fourth-order valence-corrected chi connectivity index (χ4v) is 2.25. The van der Waals surface area contributed by atoms with Crippen molar-refractivity contribution in [3.05, 3.63) is 53.1 Å². The minimum Gasteiger partial charge on any atom is -0.385 e. The van der Waals surface area contributed by atoms with Gasteiger partial charge in [-0.15, -0.1) is 5.10 Å². The molecule has 0 spiro atoms. The van der Waals surface area contributed by atoms with E-state index in [4.69, 9.17) is 16.4 Å². The molecule has 7 heteroatoms. The van der Waals surface area contributed by atoms with Crippen molar-refractivity contribution in [2.45, 2.75) is 6.92 Å². The lowest BCUT2D eigenvalue weighted by Gasteiger charge is -2.08. The van der Waals surface area contributed by atoms with E-state index in [0.717, 1.165) is 5.56 Å². The fraction of sp³-hybridized carbons (Fsp3) is 0.133. The van der Waals surface area contributed by atoms with Crippen LogP contribution in [0.5, 0.6) is 0 Å². The van der Waals surface area contributed by atoms with Crippen LogP contribution < -0.4 is 10.2 Å². The second-order valence-electron chi connectivity index (χ2n) is 4.76. The lowest BCUT2D eigenvalue weighted by Crippen LogP contribution is -2.26. The number of aromatic nitrogens is 3. The number of benzene rings is 2. The van der Waals surface area contributed by atoms with Crippen LogP contribution in [-0.4, -0.2) is 27.7 Å². The van der Waals surface area contributed by atoms with Crippen LogP contribution in [0.4, 0.5) is 5.69 Å². The van der Waals surface area contributed by atoms with Crippen LogP contribution in [0.3, 0.4) is 0 Å². The number of hydrogen-bond acceptors (Lipinski definition) is 4. The van der Waals surface area contributed by atoms with E-state index in [9.17, 15) is 4.79 Å². The van der Waals surface area contributed by atoms with E-state index in [2.05, 4.69) is 15.6 Å². The van der Waals surface area contributed by atoms with Crippen molar-refractivity contribution in [3.63, 3.8) is 0 Å². The molecule has 2 aromatic carbocycles. The molecule has 0 unspecified atom stereocenters. The molecular formula is C15H13ClN4O2. The summed E-state index contributed by atoms with van der Waals surface area (Å²) in [6, 6.07) is 12.7. The average Bonchev–Trinajstić information content (AvgIpc) is 2.91. The highest BCUT2D eigenvalue weighted by Crippen LogP contribution is 2.22. The van der Waals surface area contributed by atoms with Crippen LogP contribution in [-0.2, 0) is 4.79 Å². The summed E-state index contributed by atoms with van der Waals surface area (Å²) in [5.41, 5.74) is 2.96. The molecule has 0 aliphatic rings. The van der Waals surface area contributed by atoms with Gasteiger partial charge in [0.15, 0.2) is 6.61 Å². The number of carbonyl (C=O) groups is 1. The molecule has 0 saturated carbocycles. The van der Waals surface area contributed by atoms with Gasteiger partial charge in [0.25, 0.3) is 5.91 Å². The van der Waals surface area contributed by atoms with Crippen molar-refractivity contribution in [1.82, 2.24) is 15.2 Å². The Morgan fingerprint density at radius 2 is 2.14 bits per heavy atom. The molecule has 0 aliphatic carbocycles. The maximum absolute atomic E-state index is 11.9. The van der Waals surface area contributed by atoms with Gasteiger partial charge in [-0.05, 0) is 42.0 Å². The Labute approximate surface area is 131 Å². The zero-order valence-electron chi connectivity index (χ0n) is 11.8. The van der Waals surface area contributed by atoms with E-state index in [0.29, 0.717) is 21.7 Å². The summed E-state index contributed by atoms with van der Waals surface area (Å²) in [5.74, 6) is -0.328. The van der Waals surface area contributed by atoms with E-state index >= 15 is 0 Å². The zero-order valence-corrected chi connectivity index (χ0v) is 12.5. The molecule has 1 aromatic heterocycles. The van der Waals surface area contributed by atoms with Gasteiger partial charge >= 0.3 is 0 Å². The molecule has 0 atom stereocenters. The first-order valence-corrected chi connectivity index (χ1v) is 7.01. The van der Waals surface area contributed by atoms with Crippen LogP contribution in [0, 0.1) is 6.92 Å². The number of para-hydroxylation sites is 1. The molecule has 0 bridgehead atoms. The predicted octanol–water partition coefficient (Wildman–Crippen LogP) is 2.46. The van der Waals surface area contributed by atoms with E-state index < -0.39 is 0 Å². The van der Waals surface area contributed by atoms with Crippen LogP contribution in [0.1, 0.15) is 5.56 Å². The molecular weight excluding hydrogens is 304 g/mol. The van der Waals surface area contributed by atoms with Crippen molar-refractivity contribution >= 4 is 34.2 Å². The number of carbonyl (C=O) groups excluding carboxylic acids is 1. The molecule has 1 heterocycles. The molecule has 0 saturated heterocycles. The number of amides is 1. The van der Waals surface area contributed by atoms with Crippen LogP contribution in [0.15, 0.2) is 42.5 Å². The van der Waals surface area contributed by atoms with E-state index in [1.54, 1.807) is 12.1 Å². The summed E-state index contributed by atoms with van der Waals surface area (Å²) in [5, 5.41) is 11.0. The first-order chi connectivity index (χ1) is 10.6. The standard InChI is InChI=1S/C15H13ClN4O2/c1-10-6-7-12(11(16)8-10)17-15(21)9-22-20-14-5-3-2-4-13(14)18-19-20/h2-8H,9H2,1H3,(H,17,21). The highest BCUT2D eigenvalue weighted by Gasteiger charge is 2.09. The summed E-state index contributed by atoms with van der Waals surface area (Å²) in [7, 11) is 0. The van der Waals surface area contributed by atoms with Crippen molar-refractivity contribution in [2.24, 2.45) is 0 Å². The monoisotopic (exact) mass is 316 g/mol. The third-order valence-electron chi connectivity index (χ3n) is 3.04. The van der Waals surface area contributed by atoms with Crippen molar-refractivity contribution < 1.29 is 9.63 Å². The number of nitrogens with one attached hydrogen (secondary N) is 1. The van der Waals surface area contributed by atoms with Crippen LogP contribution >= 0.6 is 11.6 Å². The van der Waals surface area contributed by atoms with Crippen LogP contribution in [0.25, 0.3) is 11.0 Å². The predicted molar refractivity (Wildman–Crippen MR) is 83.8 cm³/mol. The highest BCUT2D eigenvalue weighted by molar-refractivity contribution is 6.33. The topological polar surface area (TPSA) is 69.0 Å². The highest BCUT2D eigenvalue weighted by atomic mass is 35.5. The molecule has 3 aromatic rings. The Bertz CT molecular complexity index is 831. The van der Waals surface area contributed by atoms with E-state index in [-0.39, 0.29) is 12.5 Å². The average molecular weight is 317 g/mol. The van der Waals surface area contributed by atoms with Gasteiger partial charge in [-0.25, -0.2) is 0 Å². The third-order valence-corrected chi connectivity index (χ3v) is 3.35. The van der Waals surface area contributed by atoms with Gasteiger partial charge in [-0.3, -0.25) is 4.79 Å². The molecule has 3 rings (SSSR count).